The number of sulfonamides is 1. The molecule has 0 saturated heterocycles. The number of rotatable bonds is 6. The van der Waals surface area contributed by atoms with Crippen LogP contribution in [0, 0.1) is 11.3 Å². The molecule has 2 aromatic carbocycles. The highest BCUT2D eigenvalue weighted by Gasteiger charge is 2.53. The van der Waals surface area contributed by atoms with Crippen LogP contribution in [0.25, 0.3) is 0 Å². The molecule has 7 heteroatoms. The first-order valence-corrected chi connectivity index (χ1v) is 15.8. The zero-order valence-corrected chi connectivity index (χ0v) is 22.0. The maximum Gasteiger partial charge on any atom is 0.258 e. The second kappa shape index (κ2) is 8.55. The Bertz CT molecular complexity index is 1250. The second-order valence-corrected chi connectivity index (χ2v) is 14.3. The van der Waals surface area contributed by atoms with Crippen molar-refractivity contribution < 1.29 is 13.2 Å². The van der Waals surface area contributed by atoms with Crippen LogP contribution in [0.1, 0.15) is 73.7 Å². The zero-order valence-electron chi connectivity index (χ0n) is 20.4. The summed E-state index contributed by atoms with van der Waals surface area (Å²) < 4.78 is 26.4. The highest BCUT2D eigenvalue weighted by atomic mass is 32.2. The number of fused-ring (bicyclic) bond motifs is 2. The van der Waals surface area contributed by atoms with Gasteiger partial charge < -0.3 is 4.90 Å². The van der Waals surface area contributed by atoms with Gasteiger partial charge in [-0.1, -0.05) is 12.5 Å². The first kappa shape index (κ1) is 23.4. The lowest BCUT2D eigenvalue weighted by Crippen LogP contribution is -2.39. The molecule has 1 aliphatic heterocycles. The van der Waals surface area contributed by atoms with Gasteiger partial charge in [0.05, 0.1) is 6.26 Å². The normalized spacial score (nSPS) is 22.1. The van der Waals surface area contributed by atoms with Crippen molar-refractivity contribution in [2.45, 2.75) is 68.1 Å². The minimum Gasteiger partial charge on any atom is -0.307 e. The van der Waals surface area contributed by atoms with Crippen LogP contribution < -0.4 is 9.62 Å². The van der Waals surface area contributed by atoms with Crippen LogP contribution in [-0.2, 0) is 15.4 Å². The van der Waals surface area contributed by atoms with Gasteiger partial charge in [0.25, 0.3) is 5.91 Å². The molecule has 0 aromatic heterocycles. The van der Waals surface area contributed by atoms with Gasteiger partial charge in [-0.25, -0.2) is 8.42 Å². The molecule has 0 atom stereocenters. The maximum absolute atomic E-state index is 13.9. The molecule has 4 aliphatic rings. The quantitative estimate of drug-likeness (QED) is 0.470. The zero-order chi connectivity index (χ0) is 24.3. The molecule has 0 radical (unpaired) electrons. The molecule has 1 N–H and O–H groups in total. The van der Waals surface area contributed by atoms with E-state index in [0.29, 0.717) is 17.6 Å². The van der Waals surface area contributed by atoms with Crippen molar-refractivity contribution in [3.8, 4) is 0 Å². The molecule has 186 valence electrons. The van der Waals surface area contributed by atoms with E-state index >= 15 is 0 Å². The van der Waals surface area contributed by atoms with Crippen LogP contribution in [0.15, 0.2) is 47.4 Å². The van der Waals surface area contributed by atoms with Gasteiger partial charge in [0.15, 0.2) is 0 Å². The maximum atomic E-state index is 13.9. The molecule has 0 unspecified atom stereocenters. The predicted octanol–water partition coefficient (Wildman–Crippen LogP) is 6.20. The van der Waals surface area contributed by atoms with Crippen molar-refractivity contribution in [3.63, 3.8) is 0 Å². The van der Waals surface area contributed by atoms with Gasteiger partial charge in [-0.3, -0.25) is 9.52 Å². The van der Waals surface area contributed by atoms with Gasteiger partial charge in [0, 0.05) is 39.5 Å². The molecule has 1 amide bonds. The number of amides is 1. The largest absolute Gasteiger partial charge is 0.307 e. The Balaban J connectivity index is 1.29. The number of carbonyl (C=O) groups is 1. The number of thioether (sulfide) groups is 1. The van der Waals surface area contributed by atoms with E-state index in [9.17, 15) is 13.2 Å². The van der Waals surface area contributed by atoms with Crippen LogP contribution in [0.2, 0.25) is 0 Å². The summed E-state index contributed by atoms with van der Waals surface area (Å²) in [5.41, 5.74) is 3.83. The van der Waals surface area contributed by atoms with Gasteiger partial charge in [-0.05, 0) is 105 Å². The molecule has 1 heterocycles. The third-order valence-electron chi connectivity index (χ3n) is 8.88. The highest BCUT2D eigenvalue weighted by molar-refractivity contribution is 7.99. The summed E-state index contributed by atoms with van der Waals surface area (Å²) in [6.45, 7) is 0.680. The fourth-order valence-electron chi connectivity index (χ4n) is 6.24. The van der Waals surface area contributed by atoms with E-state index in [-0.39, 0.29) is 11.3 Å². The Morgan fingerprint density at radius 3 is 2.46 bits per heavy atom. The number of hydrogen-bond acceptors (Lipinski definition) is 4. The minimum absolute atomic E-state index is 0.0461. The van der Waals surface area contributed by atoms with E-state index in [1.54, 1.807) is 6.07 Å². The van der Waals surface area contributed by atoms with E-state index in [1.807, 2.05) is 40.9 Å². The topological polar surface area (TPSA) is 66.5 Å². The van der Waals surface area contributed by atoms with Crippen molar-refractivity contribution >= 4 is 39.1 Å². The van der Waals surface area contributed by atoms with E-state index in [0.717, 1.165) is 46.2 Å². The Kier molecular flexibility index (Phi) is 5.72. The fraction of sp³-hybridized carbons (Fsp3) is 0.536. The lowest BCUT2D eigenvalue weighted by atomic mass is 9.66. The summed E-state index contributed by atoms with van der Waals surface area (Å²) in [5, 5.41) is 0. The summed E-state index contributed by atoms with van der Waals surface area (Å²) in [7, 11) is -3.37. The minimum atomic E-state index is -3.37. The van der Waals surface area contributed by atoms with Crippen molar-refractivity contribution in [1.29, 1.82) is 0 Å². The number of nitrogens with zero attached hydrogens (tertiary/aromatic N) is 1. The highest BCUT2D eigenvalue weighted by Crippen LogP contribution is 2.62. The van der Waals surface area contributed by atoms with Crippen LogP contribution in [0.3, 0.4) is 0 Å². The molecule has 0 bridgehead atoms. The third kappa shape index (κ3) is 4.62. The molecule has 3 fully saturated rings. The van der Waals surface area contributed by atoms with Gasteiger partial charge in [-0.2, -0.15) is 0 Å². The lowest BCUT2D eigenvalue weighted by Gasteiger charge is -2.38. The monoisotopic (exact) mass is 510 g/mol. The van der Waals surface area contributed by atoms with E-state index in [4.69, 9.17) is 0 Å². The summed E-state index contributed by atoms with van der Waals surface area (Å²) in [6, 6.07) is 13.8. The van der Waals surface area contributed by atoms with E-state index in [2.05, 4.69) is 16.9 Å². The molecule has 6 rings (SSSR count). The molecule has 2 spiro atoms. The first-order valence-electron chi connectivity index (χ1n) is 12.9. The summed E-state index contributed by atoms with van der Waals surface area (Å²) in [6.07, 6.45) is 12.4. The SMILES string of the molecule is CS(=O)(=O)Nc1ccc2c(c1)C1(CCC3(CC3)CC1)CN2C(=O)c1cccc(SCC2CCC2)c1. The van der Waals surface area contributed by atoms with Gasteiger partial charge in [0.1, 0.15) is 0 Å². The van der Waals surface area contributed by atoms with Crippen LogP contribution in [-0.4, -0.2) is 32.9 Å². The van der Waals surface area contributed by atoms with Gasteiger partial charge >= 0.3 is 0 Å². The molecular weight excluding hydrogens is 476 g/mol. The summed E-state index contributed by atoms with van der Waals surface area (Å²) in [5.74, 6) is 2.00. The summed E-state index contributed by atoms with van der Waals surface area (Å²) in [4.78, 5) is 17.0. The number of benzene rings is 2. The van der Waals surface area contributed by atoms with Crippen LogP contribution in [0.4, 0.5) is 11.4 Å². The lowest BCUT2D eigenvalue weighted by molar-refractivity contribution is 0.0980. The smallest absolute Gasteiger partial charge is 0.258 e. The average molecular weight is 511 g/mol. The second-order valence-electron chi connectivity index (χ2n) is 11.4. The number of anilines is 2. The molecule has 2 aromatic rings. The van der Waals surface area contributed by atoms with Gasteiger partial charge in [-0.15, -0.1) is 11.8 Å². The Morgan fingerprint density at radius 2 is 1.80 bits per heavy atom. The standard InChI is InChI=1S/C28H34N2O3S2/c1-35(32,33)29-22-8-9-25-24(17-22)28(14-12-27(10-11-27)13-15-28)19-30(25)26(31)21-6-3-7-23(16-21)34-18-20-4-2-5-20/h3,6-9,16-17,20,29H,2,4-5,10-15,18-19H2,1H3. The van der Waals surface area contributed by atoms with Gasteiger partial charge in [0.2, 0.25) is 10.0 Å². The van der Waals surface area contributed by atoms with Crippen molar-refractivity contribution in [3.05, 3.63) is 53.6 Å². The third-order valence-corrected chi connectivity index (χ3v) is 10.7. The first-order chi connectivity index (χ1) is 16.7. The number of nitrogens with one attached hydrogen (secondary N) is 1. The van der Waals surface area contributed by atoms with E-state index in [1.165, 1.54) is 51.2 Å². The molecule has 3 saturated carbocycles. The average Bonchev–Trinajstić information content (AvgIpc) is 3.49. The van der Waals surface area contributed by atoms with Crippen molar-refractivity contribution in [2.24, 2.45) is 11.3 Å². The van der Waals surface area contributed by atoms with E-state index < -0.39 is 10.0 Å². The number of carbonyl (C=O) groups excluding carboxylic acids is 1. The molecule has 35 heavy (non-hydrogen) atoms. The van der Waals surface area contributed by atoms with Crippen LogP contribution >= 0.6 is 11.8 Å². The molecule has 5 nitrogen and oxygen atoms in total. The van der Waals surface area contributed by atoms with Crippen molar-refractivity contribution in [2.75, 3.05) is 28.2 Å². The van der Waals surface area contributed by atoms with Crippen LogP contribution in [0.5, 0.6) is 0 Å². The van der Waals surface area contributed by atoms with Crippen molar-refractivity contribution in [1.82, 2.24) is 0 Å². The summed E-state index contributed by atoms with van der Waals surface area (Å²) >= 11 is 1.86. The Morgan fingerprint density at radius 1 is 1.06 bits per heavy atom. The Labute approximate surface area is 213 Å². The predicted molar refractivity (Wildman–Crippen MR) is 143 cm³/mol. The molecular formula is C28H34N2O3S2. The number of hydrogen-bond donors (Lipinski definition) is 1. The molecule has 3 aliphatic carbocycles. The Hall–Kier alpha value is -1.99. The fourth-order valence-corrected chi connectivity index (χ4v) is 7.94.